The predicted molar refractivity (Wildman–Crippen MR) is 112 cm³/mol. The van der Waals surface area contributed by atoms with Crippen molar-refractivity contribution in [2.45, 2.75) is 4.34 Å². The molecule has 0 radical (unpaired) electrons. The van der Waals surface area contributed by atoms with Crippen LogP contribution in [0.5, 0.6) is 0 Å². The fraction of sp³-hybridized carbons (Fsp3) is 0.0500. The summed E-state index contributed by atoms with van der Waals surface area (Å²) in [5.41, 5.74) is 5.52. The second-order valence-electron chi connectivity index (χ2n) is 5.72. The molecule has 0 saturated heterocycles. The number of hydrazone groups is 1. The van der Waals surface area contributed by atoms with E-state index in [4.69, 9.17) is 0 Å². The van der Waals surface area contributed by atoms with Crippen LogP contribution in [0.1, 0.15) is 5.56 Å². The van der Waals surface area contributed by atoms with E-state index < -0.39 is 0 Å². The number of benzene rings is 2. The zero-order valence-electron chi connectivity index (χ0n) is 14.3. The number of hydrogen-bond donors (Lipinski definition) is 1. The quantitative estimate of drug-likeness (QED) is 0.302. The number of para-hydroxylation sites is 2. The first kappa shape index (κ1) is 17.5. The molecule has 0 aliphatic rings. The molecule has 134 valence electrons. The Morgan fingerprint density at radius 1 is 1.15 bits per heavy atom. The van der Waals surface area contributed by atoms with Crippen molar-refractivity contribution in [1.82, 2.24) is 15.0 Å². The molecule has 4 aromatic rings. The van der Waals surface area contributed by atoms with E-state index >= 15 is 0 Å². The van der Waals surface area contributed by atoms with E-state index in [1.807, 2.05) is 77.6 Å². The van der Waals surface area contributed by atoms with Gasteiger partial charge in [0.1, 0.15) is 0 Å². The maximum atomic E-state index is 12.0. The lowest BCUT2D eigenvalue weighted by atomic mass is 10.3. The van der Waals surface area contributed by atoms with Gasteiger partial charge >= 0.3 is 0 Å². The molecule has 0 bridgehead atoms. The van der Waals surface area contributed by atoms with Crippen LogP contribution in [0.4, 0.5) is 0 Å². The summed E-state index contributed by atoms with van der Waals surface area (Å²) in [5, 5.41) is 4.04. The smallest absolute Gasteiger partial charge is 0.250 e. The maximum Gasteiger partial charge on any atom is 0.250 e. The maximum absolute atomic E-state index is 12.0. The number of carbonyl (C=O) groups excluding carboxylic acids is 1. The molecule has 2 aromatic carbocycles. The standard InChI is InChI=1S/C20H16N4OS2/c25-19(14-26-20-22-17-8-4-5-9-18(17)27-20)23-21-12-15-10-11-24(13-15)16-6-2-1-3-7-16/h1-13H,14H2,(H,23,25)/b21-12+. The molecule has 0 fully saturated rings. The van der Waals surface area contributed by atoms with Crippen molar-refractivity contribution in [3.8, 4) is 5.69 Å². The Labute approximate surface area is 164 Å². The zero-order chi connectivity index (χ0) is 18.5. The number of fused-ring (bicyclic) bond motifs is 1. The summed E-state index contributed by atoms with van der Waals surface area (Å²) in [6, 6.07) is 19.9. The van der Waals surface area contributed by atoms with Crippen molar-refractivity contribution in [3.05, 3.63) is 78.6 Å². The van der Waals surface area contributed by atoms with E-state index in [0.717, 1.165) is 25.8 Å². The molecule has 1 N–H and O–H groups in total. The van der Waals surface area contributed by atoms with Crippen LogP contribution in [0.15, 0.2) is 82.5 Å². The number of amides is 1. The first-order valence-corrected chi connectivity index (χ1v) is 10.1. The van der Waals surface area contributed by atoms with Crippen molar-refractivity contribution in [3.63, 3.8) is 0 Å². The van der Waals surface area contributed by atoms with E-state index in [1.54, 1.807) is 17.6 Å². The van der Waals surface area contributed by atoms with Crippen LogP contribution in [0.25, 0.3) is 15.9 Å². The summed E-state index contributed by atoms with van der Waals surface area (Å²) in [6.45, 7) is 0. The highest BCUT2D eigenvalue weighted by atomic mass is 32.2. The van der Waals surface area contributed by atoms with Crippen LogP contribution >= 0.6 is 23.1 Å². The molecule has 0 aliphatic heterocycles. The van der Waals surface area contributed by atoms with E-state index in [2.05, 4.69) is 15.5 Å². The average Bonchev–Trinajstić information content (AvgIpc) is 3.34. The summed E-state index contributed by atoms with van der Waals surface area (Å²) < 4.78 is 4.02. The van der Waals surface area contributed by atoms with Crippen molar-refractivity contribution in [1.29, 1.82) is 0 Å². The molecule has 1 amide bonds. The summed E-state index contributed by atoms with van der Waals surface area (Å²) >= 11 is 3.01. The molecular formula is C20H16N4OS2. The van der Waals surface area contributed by atoms with Crippen LogP contribution in [0, 0.1) is 0 Å². The highest BCUT2D eigenvalue weighted by Crippen LogP contribution is 2.28. The van der Waals surface area contributed by atoms with Crippen molar-refractivity contribution in [2.24, 2.45) is 5.10 Å². The number of nitrogens with one attached hydrogen (secondary N) is 1. The van der Waals surface area contributed by atoms with E-state index in [1.165, 1.54) is 11.8 Å². The third-order valence-corrected chi connectivity index (χ3v) is 5.95. The highest BCUT2D eigenvalue weighted by Gasteiger charge is 2.07. The van der Waals surface area contributed by atoms with Gasteiger partial charge in [-0.3, -0.25) is 4.79 Å². The molecular weight excluding hydrogens is 376 g/mol. The Morgan fingerprint density at radius 3 is 2.81 bits per heavy atom. The van der Waals surface area contributed by atoms with Gasteiger partial charge < -0.3 is 4.57 Å². The van der Waals surface area contributed by atoms with Crippen LogP contribution in [0.3, 0.4) is 0 Å². The lowest BCUT2D eigenvalue weighted by molar-refractivity contribution is -0.118. The Morgan fingerprint density at radius 2 is 1.96 bits per heavy atom. The van der Waals surface area contributed by atoms with E-state index in [0.29, 0.717) is 0 Å². The fourth-order valence-electron chi connectivity index (χ4n) is 2.50. The molecule has 2 heterocycles. The fourth-order valence-corrected chi connectivity index (χ4v) is 4.36. The largest absolute Gasteiger partial charge is 0.323 e. The number of rotatable bonds is 6. The minimum absolute atomic E-state index is 0.155. The Kier molecular flexibility index (Phi) is 5.32. The molecule has 0 unspecified atom stereocenters. The van der Waals surface area contributed by atoms with E-state index in [9.17, 15) is 4.79 Å². The van der Waals surface area contributed by atoms with Gasteiger partial charge in [0.25, 0.3) is 5.91 Å². The van der Waals surface area contributed by atoms with Gasteiger partial charge in [-0.25, -0.2) is 10.4 Å². The molecule has 27 heavy (non-hydrogen) atoms. The Hall–Kier alpha value is -2.90. The monoisotopic (exact) mass is 392 g/mol. The number of aromatic nitrogens is 2. The van der Waals surface area contributed by atoms with Crippen molar-refractivity contribution >= 4 is 45.4 Å². The Bertz CT molecular complexity index is 1050. The molecule has 5 nitrogen and oxygen atoms in total. The minimum atomic E-state index is -0.155. The summed E-state index contributed by atoms with van der Waals surface area (Å²) in [7, 11) is 0. The van der Waals surface area contributed by atoms with Gasteiger partial charge in [0.15, 0.2) is 4.34 Å². The van der Waals surface area contributed by atoms with Crippen LogP contribution < -0.4 is 5.43 Å². The third-order valence-electron chi connectivity index (χ3n) is 3.77. The van der Waals surface area contributed by atoms with Crippen molar-refractivity contribution in [2.75, 3.05) is 5.75 Å². The predicted octanol–water partition coefficient (Wildman–Crippen LogP) is 4.33. The first-order chi connectivity index (χ1) is 13.3. The lowest BCUT2D eigenvalue weighted by Crippen LogP contribution is -2.19. The lowest BCUT2D eigenvalue weighted by Gasteiger charge is -2.00. The molecule has 0 spiro atoms. The molecule has 0 saturated carbocycles. The van der Waals surface area contributed by atoms with Crippen molar-refractivity contribution < 1.29 is 4.79 Å². The van der Waals surface area contributed by atoms with Crippen LogP contribution in [-0.2, 0) is 4.79 Å². The summed E-state index contributed by atoms with van der Waals surface area (Å²) in [6.07, 6.45) is 5.56. The minimum Gasteiger partial charge on any atom is -0.323 e. The molecule has 4 rings (SSSR count). The number of thiazole rings is 1. The van der Waals surface area contributed by atoms with Gasteiger partial charge in [0.05, 0.1) is 22.2 Å². The van der Waals surface area contributed by atoms with Gasteiger partial charge in [0, 0.05) is 23.6 Å². The first-order valence-electron chi connectivity index (χ1n) is 8.32. The van der Waals surface area contributed by atoms with Gasteiger partial charge in [-0.2, -0.15) is 5.10 Å². The number of hydrogen-bond acceptors (Lipinski definition) is 5. The summed E-state index contributed by atoms with van der Waals surface area (Å²) in [5.74, 6) is 0.125. The third kappa shape index (κ3) is 4.45. The van der Waals surface area contributed by atoms with E-state index in [-0.39, 0.29) is 11.7 Å². The second kappa shape index (κ2) is 8.20. The average molecular weight is 393 g/mol. The normalized spacial score (nSPS) is 11.3. The number of carbonyl (C=O) groups is 1. The van der Waals surface area contributed by atoms with Gasteiger partial charge in [0.2, 0.25) is 0 Å². The van der Waals surface area contributed by atoms with Crippen LogP contribution in [-0.4, -0.2) is 27.4 Å². The van der Waals surface area contributed by atoms with Crippen LogP contribution in [0.2, 0.25) is 0 Å². The summed E-state index contributed by atoms with van der Waals surface area (Å²) in [4.78, 5) is 16.5. The second-order valence-corrected chi connectivity index (χ2v) is 7.97. The number of nitrogens with zero attached hydrogens (tertiary/aromatic N) is 3. The Balaban J connectivity index is 1.29. The number of thioether (sulfide) groups is 1. The molecule has 0 aliphatic carbocycles. The molecule has 0 atom stereocenters. The highest BCUT2D eigenvalue weighted by molar-refractivity contribution is 8.01. The molecule has 2 aromatic heterocycles. The van der Waals surface area contributed by atoms with Gasteiger partial charge in [-0.05, 0) is 30.3 Å². The molecule has 7 heteroatoms. The van der Waals surface area contributed by atoms with Gasteiger partial charge in [-0.1, -0.05) is 42.1 Å². The zero-order valence-corrected chi connectivity index (χ0v) is 15.9. The topological polar surface area (TPSA) is 59.3 Å². The SMILES string of the molecule is O=C(CSc1nc2ccccc2s1)N/N=C/c1ccn(-c2ccccc2)c1. The van der Waals surface area contributed by atoms with Gasteiger partial charge in [-0.15, -0.1) is 11.3 Å².